The Labute approximate surface area is 112 Å². The lowest BCUT2D eigenvalue weighted by atomic mass is 10.0. The summed E-state index contributed by atoms with van der Waals surface area (Å²) in [4.78, 5) is 13.5. The van der Waals surface area contributed by atoms with Crippen LogP contribution in [0.5, 0.6) is 5.75 Å². The Morgan fingerprint density at radius 1 is 1.53 bits per heavy atom. The van der Waals surface area contributed by atoms with Crippen molar-refractivity contribution in [2.75, 3.05) is 13.7 Å². The standard InChI is InChI=1S/C14H17N3O2/c1-14(2,9-15)17-8-12(16-13(17)18)10-5-4-6-11(7-10)19-3/h4-7,12H,8H2,1-3H3,(H,16,18). The third-order valence-electron chi connectivity index (χ3n) is 3.35. The lowest BCUT2D eigenvalue weighted by molar-refractivity contribution is 0.186. The highest BCUT2D eigenvalue weighted by molar-refractivity contribution is 5.78. The van der Waals surface area contributed by atoms with Crippen LogP contribution in [-0.2, 0) is 0 Å². The third kappa shape index (κ3) is 2.48. The number of rotatable bonds is 3. The largest absolute Gasteiger partial charge is 0.497 e. The topological polar surface area (TPSA) is 65.4 Å². The molecule has 0 bridgehead atoms. The van der Waals surface area contributed by atoms with E-state index < -0.39 is 5.54 Å². The van der Waals surface area contributed by atoms with Crippen molar-refractivity contribution in [1.29, 1.82) is 5.26 Å². The fourth-order valence-electron chi connectivity index (χ4n) is 2.13. The number of nitrogens with one attached hydrogen (secondary N) is 1. The van der Waals surface area contributed by atoms with Crippen molar-refractivity contribution in [3.05, 3.63) is 29.8 Å². The minimum absolute atomic E-state index is 0.116. The van der Waals surface area contributed by atoms with Crippen LogP contribution >= 0.6 is 0 Å². The second kappa shape index (κ2) is 4.81. The van der Waals surface area contributed by atoms with E-state index in [0.29, 0.717) is 6.54 Å². The minimum Gasteiger partial charge on any atom is -0.497 e. The fraction of sp³-hybridized carbons (Fsp3) is 0.429. The van der Waals surface area contributed by atoms with E-state index in [1.165, 1.54) is 0 Å². The highest BCUT2D eigenvalue weighted by Crippen LogP contribution is 2.27. The van der Waals surface area contributed by atoms with Crippen LogP contribution in [-0.4, -0.2) is 30.1 Å². The first kappa shape index (κ1) is 13.2. The molecule has 1 aromatic carbocycles. The molecule has 0 aromatic heterocycles. The molecule has 1 aromatic rings. The monoisotopic (exact) mass is 259 g/mol. The summed E-state index contributed by atoms with van der Waals surface area (Å²) < 4.78 is 5.18. The Morgan fingerprint density at radius 3 is 2.89 bits per heavy atom. The Balaban J connectivity index is 2.21. The zero-order chi connectivity index (χ0) is 14.0. The SMILES string of the molecule is COc1cccc(C2CN(C(C)(C)C#N)C(=O)N2)c1. The summed E-state index contributed by atoms with van der Waals surface area (Å²) in [5, 5.41) is 12.0. The number of benzene rings is 1. The van der Waals surface area contributed by atoms with E-state index in [-0.39, 0.29) is 12.1 Å². The average Bonchev–Trinajstić information content (AvgIpc) is 2.82. The van der Waals surface area contributed by atoms with Gasteiger partial charge in [0, 0.05) is 6.54 Å². The molecule has 0 aliphatic carbocycles. The van der Waals surface area contributed by atoms with Crippen molar-refractivity contribution in [3.63, 3.8) is 0 Å². The summed E-state index contributed by atoms with van der Waals surface area (Å²) in [6, 6.07) is 9.41. The summed E-state index contributed by atoms with van der Waals surface area (Å²) in [6.45, 7) is 3.95. The van der Waals surface area contributed by atoms with Crippen molar-refractivity contribution >= 4 is 6.03 Å². The Kier molecular flexibility index (Phi) is 3.34. The van der Waals surface area contributed by atoms with Crippen LogP contribution in [0.1, 0.15) is 25.5 Å². The quantitative estimate of drug-likeness (QED) is 0.903. The van der Waals surface area contributed by atoms with E-state index in [1.807, 2.05) is 24.3 Å². The number of hydrogen-bond acceptors (Lipinski definition) is 3. The predicted octanol–water partition coefficient (Wildman–Crippen LogP) is 2.06. The predicted molar refractivity (Wildman–Crippen MR) is 70.7 cm³/mol. The van der Waals surface area contributed by atoms with Gasteiger partial charge in [-0.15, -0.1) is 0 Å². The number of amides is 2. The van der Waals surface area contributed by atoms with Crippen molar-refractivity contribution in [2.24, 2.45) is 0 Å². The molecule has 1 aliphatic rings. The fourth-order valence-corrected chi connectivity index (χ4v) is 2.13. The van der Waals surface area contributed by atoms with E-state index in [0.717, 1.165) is 11.3 Å². The molecular formula is C14H17N3O2. The smallest absolute Gasteiger partial charge is 0.319 e. The van der Waals surface area contributed by atoms with Crippen molar-refractivity contribution in [1.82, 2.24) is 10.2 Å². The molecule has 2 amide bonds. The van der Waals surface area contributed by atoms with Crippen LogP contribution in [0.4, 0.5) is 4.79 Å². The summed E-state index contributed by atoms with van der Waals surface area (Å²) in [5.41, 5.74) is 0.168. The molecule has 1 saturated heterocycles. The number of carbonyl (C=O) groups is 1. The molecule has 0 radical (unpaired) electrons. The maximum atomic E-state index is 12.0. The molecule has 5 heteroatoms. The van der Waals surface area contributed by atoms with Gasteiger partial charge in [-0.1, -0.05) is 12.1 Å². The van der Waals surface area contributed by atoms with Gasteiger partial charge in [0.2, 0.25) is 0 Å². The molecule has 5 nitrogen and oxygen atoms in total. The summed E-state index contributed by atoms with van der Waals surface area (Å²) in [7, 11) is 1.61. The van der Waals surface area contributed by atoms with Gasteiger partial charge < -0.3 is 15.0 Å². The molecule has 100 valence electrons. The minimum atomic E-state index is -0.808. The highest BCUT2D eigenvalue weighted by atomic mass is 16.5. The van der Waals surface area contributed by atoms with Gasteiger partial charge in [0.1, 0.15) is 11.3 Å². The van der Waals surface area contributed by atoms with Crippen LogP contribution in [0, 0.1) is 11.3 Å². The molecule has 1 heterocycles. The van der Waals surface area contributed by atoms with Crippen LogP contribution in [0.15, 0.2) is 24.3 Å². The molecule has 19 heavy (non-hydrogen) atoms. The number of nitrogens with zero attached hydrogens (tertiary/aromatic N) is 2. The average molecular weight is 259 g/mol. The lowest BCUT2D eigenvalue weighted by Crippen LogP contribution is -2.44. The number of urea groups is 1. The van der Waals surface area contributed by atoms with Crippen LogP contribution in [0.25, 0.3) is 0 Å². The molecule has 1 N–H and O–H groups in total. The Bertz CT molecular complexity index is 534. The number of methoxy groups -OCH3 is 1. The molecule has 0 saturated carbocycles. The van der Waals surface area contributed by atoms with Crippen LogP contribution in [0.2, 0.25) is 0 Å². The first-order valence-corrected chi connectivity index (χ1v) is 6.11. The molecule has 1 fully saturated rings. The number of nitriles is 1. The van der Waals surface area contributed by atoms with Gasteiger partial charge in [-0.3, -0.25) is 0 Å². The number of ether oxygens (including phenoxy) is 1. The zero-order valence-corrected chi connectivity index (χ0v) is 11.3. The number of hydrogen-bond donors (Lipinski definition) is 1. The van der Waals surface area contributed by atoms with Gasteiger partial charge in [0.25, 0.3) is 0 Å². The van der Waals surface area contributed by atoms with Crippen molar-refractivity contribution < 1.29 is 9.53 Å². The van der Waals surface area contributed by atoms with E-state index in [9.17, 15) is 4.79 Å². The first-order chi connectivity index (χ1) is 8.97. The first-order valence-electron chi connectivity index (χ1n) is 6.11. The summed E-state index contributed by atoms with van der Waals surface area (Å²) in [5.74, 6) is 0.754. The normalized spacial score (nSPS) is 18.9. The molecule has 1 atom stereocenters. The van der Waals surface area contributed by atoms with E-state index in [1.54, 1.807) is 25.9 Å². The Morgan fingerprint density at radius 2 is 2.26 bits per heavy atom. The van der Waals surface area contributed by atoms with Gasteiger partial charge in [-0.25, -0.2) is 4.79 Å². The molecule has 1 aliphatic heterocycles. The molecule has 1 unspecified atom stereocenters. The molecular weight excluding hydrogens is 242 g/mol. The zero-order valence-electron chi connectivity index (χ0n) is 11.3. The summed E-state index contributed by atoms with van der Waals surface area (Å²) in [6.07, 6.45) is 0. The van der Waals surface area contributed by atoms with Gasteiger partial charge in [-0.2, -0.15) is 5.26 Å². The third-order valence-corrected chi connectivity index (χ3v) is 3.35. The number of carbonyl (C=O) groups excluding carboxylic acids is 1. The highest BCUT2D eigenvalue weighted by Gasteiger charge is 2.39. The maximum absolute atomic E-state index is 12.0. The van der Waals surface area contributed by atoms with Crippen LogP contribution < -0.4 is 10.1 Å². The summed E-state index contributed by atoms with van der Waals surface area (Å²) >= 11 is 0. The van der Waals surface area contributed by atoms with Crippen molar-refractivity contribution in [3.8, 4) is 11.8 Å². The van der Waals surface area contributed by atoms with Gasteiger partial charge in [0.05, 0.1) is 19.2 Å². The van der Waals surface area contributed by atoms with Gasteiger partial charge in [0.15, 0.2) is 0 Å². The maximum Gasteiger partial charge on any atom is 0.319 e. The van der Waals surface area contributed by atoms with E-state index >= 15 is 0 Å². The van der Waals surface area contributed by atoms with Crippen LogP contribution in [0.3, 0.4) is 0 Å². The van der Waals surface area contributed by atoms with Gasteiger partial charge >= 0.3 is 6.03 Å². The second-order valence-electron chi connectivity index (χ2n) is 5.06. The second-order valence-corrected chi connectivity index (χ2v) is 5.06. The lowest BCUT2D eigenvalue weighted by Gasteiger charge is -2.27. The van der Waals surface area contributed by atoms with Gasteiger partial charge in [-0.05, 0) is 31.5 Å². The molecule has 0 spiro atoms. The van der Waals surface area contributed by atoms with Crippen molar-refractivity contribution in [2.45, 2.75) is 25.4 Å². The van der Waals surface area contributed by atoms with E-state index in [2.05, 4.69) is 11.4 Å². The van der Waals surface area contributed by atoms with E-state index in [4.69, 9.17) is 10.00 Å². The molecule has 2 rings (SSSR count). The Hall–Kier alpha value is -2.22.